The molecule has 1 aromatic rings. The van der Waals surface area contributed by atoms with Crippen LogP contribution in [0.25, 0.3) is 0 Å². The standard InChI is InChI=1S/C28H35N3O4/c32-26-13-22(16-30(26)14-18-6-7-24-25(10-18)35-17-34-24)28(33)31-9-3-4-19-11-20-12-21(27(19)31)15-29-8-2-1-5-23(20)29/h6-7,10-11,20-23,27H,1-5,8-9,12-17H2/t20-,21-,22?,23?,27?/m0/s1. The Morgan fingerprint density at radius 1 is 1.06 bits per heavy atom. The molecule has 0 saturated carbocycles. The second-order valence-corrected chi connectivity index (χ2v) is 11.4. The third-order valence-corrected chi connectivity index (χ3v) is 9.31. The first-order chi connectivity index (χ1) is 17.1. The molecule has 6 aliphatic rings. The molecule has 186 valence electrons. The van der Waals surface area contributed by atoms with Crippen LogP contribution in [-0.4, -0.2) is 71.6 Å². The first-order valence-electron chi connectivity index (χ1n) is 13.6. The molecule has 0 N–H and O–H groups in total. The van der Waals surface area contributed by atoms with E-state index < -0.39 is 0 Å². The van der Waals surface area contributed by atoms with E-state index in [4.69, 9.17) is 9.47 Å². The van der Waals surface area contributed by atoms with Crippen molar-refractivity contribution in [2.75, 3.05) is 33.0 Å². The van der Waals surface area contributed by atoms with Gasteiger partial charge >= 0.3 is 0 Å². The largest absolute Gasteiger partial charge is 0.454 e. The molecule has 4 fully saturated rings. The number of carbonyl (C=O) groups is 2. The average molecular weight is 478 g/mol. The lowest BCUT2D eigenvalue weighted by Crippen LogP contribution is -2.60. The van der Waals surface area contributed by atoms with E-state index in [1.165, 1.54) is 37.8 Å². The maximum Gasteiger partial charge on any atom is 0.231 e. The summed E-state index contributed by atoms with van der Waals surface area (Å²) in [5.74, 6) is 2.72. The molecule has 0 radical (unpaired) electrons. The van der Waals surface area contributed by atoms with Gasteiger partial charge < -0.3 is 19.3 Å². The maximum atomic E-state index is 13.9. The van der Waals surface area contributed by atoms with Crippen molar-refractivity contribution in [3.63, 3.8) is 0 Å². The Kier molecular flexibility index (Phi) is 5.30. The topological polar surface area (TPSA) is 62.3 Å². The third-order valence-electron chi connectivity index (χ3n) is 9.31. The summed E-state index contributed by atoms with van der Waals surface area (Å²) in [6, 6.07) is 6.79. The summed E-state index contributed by atoms with van der Waals surface area (Å²) in [4.78, 5) is 33.5. The van der Waals surface area contributed by atoms with Crippen LogP contribution in [0.2, 0.25) is 0 Å². The summed E-state index contributed by atoms with van der Waals surface area (Å²) in [6.07, 6.45) is 10.3. The molecule has 7 rings (SSSR count). The SMILES string of the molecule is O=C1CC(C(=O)N2CCCC3=C[C@H]4C[C@@H](CN5CCCCC45)C32)CN1Cc1ccc2c(c1)OCO2. The van der Waals surface area contributed by atoms with Crippen LogP contribution in [0, 0.1) is 17.8 Å². The molecule has 1 aromatic carbocycles. The number of carbonyl (C=O) groups excluding carboxylic acids is 2. The van der Waals surface area contributed by atoms with Crippen LogP contribution in [0.1, 0.15) is 50.5 Å². The minimum absolute atomic E-state index is 0.0753. The van der Waals surface area contributed by atoms with Gasteiger partial charge in [0.15, 0.2) is 11.5 Å². The molecular weight excluding hydrogens is 442 g/mol. The van der Waals surface area contributed by atoms with Crippen LogP contribution in [0.3, 0.4) is 0 Å². The van der Waals surface area contributed by atoms with Crippen LogP contribution in [0.15, 0.2) is 29.8 Å². The second-order valence-electron chi connectivity index (χ2n) is 11.4. The fraction of sp³-hybridized carbons (Fsp3) is 0.643. The van der Waals surface area contributed by atoms with E-state index in [0.717, 1.165) is 49.0 Å². The number of rotatable bonds is 3. The van der Waals surface area contributed by atoms with E-state index in [1.54, 1.807) is 0 Å². The van der Waals surface area contributed by atoms with Crippen molar-refractivity contribution in [1.29, 1.82) is 0 Å². The zero-order valence-corrected chi connectivity index (χ0v) is 20.4. The van der Waals surface area contributed by atoms with Crippen molar-refractivity contribution < 1.29 is 19.1 Å². The number of hydrogen-bond donors (Lipinski definition) is 0. The van der Waals surface area contributed by atoms with E-state index in [0.29, 0.717) is 31.3 Å². The molecule has 2 bridgehead atoms. The van der Waals surface area contributed by atoms with Crippen molar-refractivity contribution in [2.45, 2.75) is 63.6 Å². The van der Waals surface area contributed by atoms with Gasteiger partial charge in [-0.25, -0.2) is 0 Å². The first-order valence-corrected chi connectivity index (χ1v) is 13.6. The number of hydrogen-bond acceptors (Lipinski definition) is 5. The molecule has 3 unspecified atom stereocenters. The van der Waals surface area contributed by atoms with Gasteiger partial charge in [0.1, 0.15) is 0 Å². The highest BCUT2D eigenvalue weighted by Gasteiger charge is 2.48. The smallest absolute Gasteiger partial charge is 0.231 e. The molecule has 4 saturated heterocycles. The highest BCUT2D eigenvalue weighted by Crippen LogP contribution is 2.45. The van der Waals surface area contributed by atoms with Gasteiger partial charge in [-0.3, -0.25) is 14.5 Å². The Hall–Kier alpha value is -2.54. The monoisotopic (exact) mass is 477 g/mol. The van der Waals surface area contributed by atoms with Crippen LogP contribution >= 0.6 is 0 Å². The lowest BCUT2D eigenvalue weighted by Gasteiger charge is -2.55. The van der Waals surface area contributed by atoms with Crippen LogP contribution in [-0.2, 0) is 16.1 Å². The average Bonchev–Trinajstić information content (AvgIpc) is 3.49. The minimum atomic E-state index is -0.236. The molecular formula is C28H35N3O4. The van der Waals surface area contributed by atoms with Gasteiger partial charge in [-0.2, -0.15) is 0 Å². The molecule has 5 aliphatic heterocycles. The van der Waals surface area contributed by atoms with Gasteiger partial charge in [-0.1, -0.05) is 24.1 Å². The third kappa shape index (κ3) is 3.74. The molecule has 1 aliphatic carbocycles. The number of benzene rings is 1. The fourth-order valence-electron chi connectivity index (χ4n) is 7.81. The van der Waals surface area contributed by atoms with Gasteiger partial charge in [0.2, 0.25) is 18.6 Å². The van der Waals surface area contributed by atoms with Crippen molar-refractivity contribution in [2.24, 2.45) is 17.8 Å². The highest BCUT2D eigenvalue weighted by atomic mass is 16.7. The lowest BCUT2D eigenvalue weighted by atomic mass is 9.68. The Morgan fingerprint density at radius 2 is 1.97 bits per heavy atom. The molecule has 7 nitrogen and oxygen atoms in total. The summed E-state index contributed by atoms with van der Waals surface area (Å²) in [5.41, 5.74) is 2.52. The Morgan fingerprint density at radius 3 is 2.91 bits per heavy atom. The van der Waals surface area contributed by atoms with Gasteiger partial charge in [0.05, 0.1) is 12.0 Å². The van der Waals surface area contributed by atoms with E-state index in [2.05, 4.69) is 15.9 Å². The Bertz CT molecular complexity index is 1070. The lowest BCUT2D eigenvalue weighted by molar-refractivity contribution is -0.140. The normalized spacial score (nSPS) is 33.9. The van der Waals surface area contributed by atoms with Crippen molar-refractivity contribution in [3.05, 3.63) is 35.4 Å². The molecule has 5 atom stereocenters. The Labute approximate surface area is 207 Å². The van der Waals surface area contributed by atoms with Crippen LogP contribution in [0.5, 0.6) is 11.5 Å². The molecule has 0 aromatic heterocycles. The van der Waals surface area contributed by atoms with Crippen molar-refractivity contribution in [3.8, 4) is 11.5 Å². The van der Waals surface area contributed by atoms with E-state index in [1.807, 2.05) is 23.1 Å². The quantitative estimate of drug-likeness (QED) is 0.626. The molecule has 2 amide bonds. The zero-order chi connectivity index (χ0) is 23.5. The summed E-state index contributed by atoms with van der Waals surface area (Å²) in [5, 5.41) is 0. The number of likely N-dealkylation sites (tertiary alicyclic amines) is 2. The minimum Gasteiger partial charge on any atom is -0.454 e. The number of ether oxygens (including phenoxy) is 2. The van der Waals surface area contributed by atoms with Crippen molar-refractivity contribution >= 4 is 11.8 Å². The van der Waals surface area contributed by atoms with E-state index in [-0.39, 0.29) is 30.6 Å². The maximum absolute atomic E-state index is 13.9. The van der Waals surface area contributed by atoms with Gasteiger partial charge in [0, 0.05) is 38.6 Å². The van der Waals surface area contributed by atoms with E-state index >= 15 is 0 Å². The molecule has 35 heavy (non-hydrogen) atoms. The number of piperidine rings is 3. The molecule has 5 heterocycles. The zero-order valence-electron chi connectivity index (χ0n) is 20.4. The van der Waals surface area contributed by atoms with Crippen molar-refractivity contribution in [1.82, 2.24) is 14.7 Å². The second kappa shape index (κ2) is 8.54. The van der Waals surface area contributed by atoms with Crippen LogP contribution < -0.4 is 9.47 Å². The fourth-order valence-corrected chi connectivity index (χ4v) is 7.81. The summed E-state index contributed by atoms with van der Waals surface area (Å²) < 4.78 is 10.9. The molecule has 0 spiro atoms. The number of amides is 2. The Balaban J connectivity index is 1.07. The van der Waals surface area contributed by atoms with E-state index in [9.17, 15) is 9.59 Å². The summed E-state index contributed by atoms with van der Waals surface area (Å²) >= 11 is 0. The number of nitrogens with zero attached hydrogens (tertiary/aromatic N) is 3. The van der Waals surface area contributed by atoms with Crippen LogP contribution in [0.4, 0.5) is 0 Å². The van der Waals surface area contributed by atoms with Gasteiger partial charge in [0.25, 0.3) is 0 Å². The molecule has 7 heteroatoms. The summed E-state index contributed by atoms with van der Waals surface area (Å²) in [7, 11) is 0. The summed E-state index contributed by atoms with van der Waals surface area (Å²) in [6.45, 7) is 4.44. The first kappa shape index (κ1) is 21.7. The van der Waals surface area contributed by atoms with Gasteiger partial charge in [-0.15, -0.1) is 0 Å². The predicted molar refractivity (Wildman–Crippen MR) is 130 cm³/mol. The van der Waals surface area contributed by atoms with Gasteiger partial charge in [-0.05, 0) is 68.2 Å². The predicted octanol–water partition coefficient (Wildman–Crippen LogP) is 3.19. The highest BCUT2D eigenvalue weighted by molar-refractivity contribution is 5.89. The number of fused-ring (bicyclic) bond motifs is 7.